The van der Waals surface area contributed by atoms with Gasteiger partial charge in [0.2, 0.25) is 10.0 Å². The second-order valence-corrected chi connectivity index (χ2v) is 6.87. The summed E-state index contributed by atoms with van der Waals surface area (Å²) in [5, 5.41) is 5.91. The molecule has 0 aromatic heterocycles. The third-order valence-electron chi connectivity index (χ3n) is 3.34. The standard InChI is InChI=1S/C14H21N3O3S/c1-2-17-21(19,20)10-9-16-14(18)12-7-3-5-11-6-4-8-15-13(11)12/h3,5,7,15,17H,2,4,6,8-10H2,1H3,(H,16,18). The molecule has 1 aliphatic rings. The minimum atomic E-state index is -3.31. The lowest BCUT2D eigenvalue weighted by atomic mass is 9.99. The molecule has 21 heavy (non-hydrogen) atoms. The smallest absolute Gasteiger partial charge is 0.253 e. The Labute approximate surface area is 125 Å². The van der Waals surface area contributed by atoms with Gasteiger partial charge in [0, 0.05) is 19.6 Å². The van der Waals surface area contributed by atoms with Crippen LogP contribution in [-0.4, -0.2) is 39.7 Å². The maximum atomic E-state index is 12.2. The van der Waals surface area contributed by atoms with Crippen LogP contribution in [0.15, 0.2) is 18.2 Å². The fraction of sp³-hybridized carbons (Fsp3) is 0.500. The third-order valence-corrected chi connectivity index (χ3v) is 4.81. The van der Waals surface area contributed by atoms with E-state index in [1.54, 1.807) is 13.0 Å². The number of carbonyl (C=O) groups excluding carboxylic acids is 1. The van der Waals surface area contributed by atoms with E-state index in [4.69, 9.17) is 0 Å². The maximum absolute atomic E-state index is 12.2. The third kappa shape index (κ3) is 4.18. The van der Waals surface area contributed by atoms with Gasteiger partial charge in [0.25, 0.3) is 5.91 Å². The summed E-state index contributed by atoms with van der Waals surface area (Å²) in [5.74, 6) is -0.359. The van der Waals surface area contributed by atoms with Crippen LogP contribution in [0.2, 0.25) is 0 Å². The highest BCUT2D eigenvalue weighted by atomic mass is 32.2. The van der Waals surface area contributed by atoms with Crippen molar-refractivity contribution in [2.45, 2.75) is 19.8 Å². The lowest BCUT2D eigenvalue weighted by Crippen LogP contribution is -2.34. The lowest BCUT2D eigenvalue weighted by molar-refractivity contribution is 0.0957. The topological polar surface area (TPSA) is 87.3 Å². The molecule has 0 radical (unpaired) electrons. The molecule has 1 aliphatic heterocycles. The molecule has 0 saturated carbocycles. The number of anilines is 1. The Kier molecular flexibility index (Phi) is 5.19. The zero-order valence-corrected chi connectivity index (χ0v) is 12.9. The second kappa shape index (κ2) is 6.91. The van der Waals surface area contributed by atoms with Crippen molar-refractivity contribution in [1.82, 2.24) is 10.0 Å². The lowest BCUT2D eigenvalue weighted by Gasteiger charge is -2.20. The van der Waals surface area contributed by atoms with Crippen molar-refractivity contribution in [3.8, 4) is 0 Å². The molecule has 0 atom stereocenters. The number of amides is 1. The summed E-state index contributed by atoms with van der Waals surface area (Å²) in [6.07, 6.45) is 2.01. The molecule has 0 bridgehead atoms. The van der Waals surface area contributed by atoms with Gasteiger partial charge in [0.1, 0.15) is 0 Å². The second-order valence-electron chi connectivity index (χ2n) is 4.94. The summed E-state index contributed by atoms with van der Waals surface area (Å²) >= 11 is 0. The summed E-state index contributed by atoms with van der Waals surface area (Å²) in [5.41, 5.74) is 2.58. The molecule has 1 amide bonds. The van der Waals surface area contributed by atoms with Gasteiger partial charge in [-0.3, -0.25) is 4.79 Å². The molecule has 0 spiro atoms. The zero-order chi connectivity index (χ0) is 15.3. The molecular weight excluding hydrogens is 290 g/mol. The maximum Gasteiger partial charge on any atom is 0.253 e. The molecule has 1 aromatic rings. The number of benzene rings is 1. The van der Waals surface area contributed by atoms with E-state index < -0.39 is 10.0 Å². The fourth-order valence-corrected chi connectivity index (χ4v) is 3.34. The van der Waals surface area contributed by atoms with E-state index in [1.807, 2.05) is 12.1 Å². The van der Waals surface area contributed by atoms with Gasteiger partial charge < -0.3 is 10.6 Å². The van der Waals surface area contributed by atoms with Gasteiger partial charge in [-0.2, -0.15) is 0 Å². The van der Waals surface area contributed by atoms with Crippen LogP contribution in [0.25, 0.3) is 0 Å². The molecule has 1 aromatic carbocycles. The summed E-state index contributed by atoms with van der Waals surface area (Å²) in [4.78, 5) is 12.2. The molecule has 2 rings (SSSR count). The predicted molar refractivity (Wildman–Crippen MR) is 83.0 cm³/mol. The Hall–Kier alpha value is -1.60. The van der Waals surface area contributed by atoms with Crippen LogP contribution in [-0.2, 0) is 16.4 Å². The number of sulfonamides is 1. The van der Waals surface area contributed by atoms with E-state index in [2.05, 4.69) is 15.4 Å². The molecule has 116 valence electrons. The zero-order valence-electron chi connectivity index (χ0n) is 12.1. The highest BCUT2D eigenvalue weighted by Gasteiger charge is 2.17. The van der Waals surface area contributed by atoms with Crippen LogP contribution < -0.4 is 15.4 Å². The van der Waals surface area contributed by atoms with Gasteiger partial charge in [-0.1, -0.05) is 19.1 Å². The van der Waals surface area contributed by atoms with E-state index in [0.29, 0.717) is 12.1 Å². The van der Waals surface area contributed by atoms with E-state index in [0.717, 1.165) is 30.6 Å². The number of rotatable bonds is 6. The van der Waals surface area contributed by atoms with Crippen molar-refractivity contribution in [3.63, 3.8) is 0 Å². The molecule has 7 heteroatoms. The Morgan fingerprint density at radius 2 is 2.19 bits per heavy atom. The summed E-state index contributed by atoms with van der Waals surface area (Å²) in [7, 11) is -3.31. The first-order chi connectivity index (χ1) is 10.0. The molecule has 1 heterocycles. The van der Waals surface area contributed by atoms with Crippen LogP contribution in [0.4, 0.5) is 5.69 Å². The first-order valence-corrected chi connectivity index (χ1v) is 8.80. The fourth-order valence-electron chi connectivity index (χ4n) is 2.38. The molecule has 3 N–H and O–H groups in total. The van der Waals surface area contributed by atoms with Crippen LogP contribution in [0, 0.1) is 0 Å². The molecule has 0 fully saturated rings. The monoisotopic (exact) mass is 311 g/mol. The van der Waals surface area contributed by atoms with E-state index in [9.17, 15) is 13.2 Å². The summed E-state index contributed by atoms with van der Waals surface area (Å²) in [6, 6.07) is 5.62. The van der Waals surface area contributed by atoms with Gasteiger partial charge >= 0.3 is 0 Å². The highest BCUT2D eigenvalue weighted by Crippen LogP contribution is 2.25. The van der Waals surface area contributed by atoms with E-state index in [1.165, 1.54) is 0 Å². The van der Waals surface area contributed by atoms with Crippen molar-refractivity contribution in [2.75, 3.05) is 30.7 Å². The number of para-hydroxylation sites is 1. The number of hydrogen-bond donors (Lipinski definition) is 3. The van der Waals surface area contributed by atoms with Gasteiger partial charge in [-0.15, -0.1) is 0 Å². The minimum Gasteiger partial charge on any atom is -0.384 e. The molecule has 6 nitrogen and oxygen atoms in total. The van der Waals surface area contributed by atoms with E-state index in [-0.39, 0.29) is 18.2 Å². The number of carbonyl (C=O) groups is 1. The normalized spacial score (nSPS) is 14.1. The first-order valence-electron chi connectivity index (χ1n) is 7.15. The van der Waals surface area contributed by atoms with Gasteiger partial charge in [-0.05, 0) is 24.5 Å². The molecule has 0 unspecified atom stereocenters. The average Bonchev–Trinajstić information content (AvgIpc) is 2.46. The number of fused-ring (bicyclic) bond motifs is 1. The van der Waals surface area contributed by atoms with Crippen LogP contribution in [0.1, 0.15) is 29.3 Å². The van der Waals surface area contributed by atoms with Gasteiger partial charge in [0.15, 0.2) is 0 Å². The number of nitrogens with one attached hydrogen (secondary N) is 3. The highest BCUT2D eigenvalue weighted by molar-refractivity contribution is 7.89. The van der Waals surface area contributed by atoms with Crippen molar-refractivity contribution in [1.29, 1.82) is 0 Å². The van der Waals surface area contributed by atoms with Crippen LogP contribution >= 0.6 is 0 Å². The first kappa shape index (κ1) is 15.8. The SMILES string of the molecule is CCNS(=O)(=O)CCNC(=O)c1cccc2c1NCCC2. The molecule has 0 saturated heterocycles. The predicted octanol–water partition coefficient (Wildman–Crippen LogP) is 0.714. The summed E-state index contributed by atoms with van der Waals surface area (Å²) in [6.45, 7) is 3.02. The van der Waals surface area contributed by atoms with Crippen molar-refractivity contribution in [2.24, 2.45) is 0 Å². The van der Waals surface area contributed by atoms with Gasteiger partial charge in [-0.25, -0.2) is 13.1 Å². The largest absolute Gasteiger partial charge is 0.384 e. The Morgan fingerprint density at radius 3 is 2.95 bits per heavy atom. The Morgan fingerprint density at radius 1 is 1.38 bits per heavy atom. The van der Waals surface area contributed by atoms with Crippen molar-refractivity contribution < 1.29 is 13.2 Å². The van der Waals surface area contributed by atoms with Crippen molar-refractivity contribution in [3.05, 3.63) is 29.3 Å². The summed E-state index contributed by atoms with van der Waals surface area (Å²) < 4.78 is 25.4. The average molecular weight is 311 g/mol. The Bertz CT molecular complexity index is 614. The Balaban J connectivity index is 1.98. The van der Waals surface area contributed by atoms with Crippen LogP contribution in [0.3, 0.4) is 0 Å². The van der Waals surface area contributed by atoms with Gasteiger partial charge in [0.05, 0.1) is 17.0 Å². The van der Waals surface area contributed by atoms with Crippen LogP contribution in [0.5, 0.6) is 0 Å². The number of aryl methyl sites for hydroxylation is 1. The number of hydrogen-bond acceptors (Lipinski definition) is 4. The minimum absolute atomic E-state index is 0.0951. The van der Waals surface area contributed by atoms with E-state index >= 15 is 0 Å². The molecule has 0 aliphatic carbocycles. The quantitative estimate of drug-likeness (QED) is 0.722. The molecular formula is C14H21N3O3S. The van der Waals surface area contributed by atoms with Crippen molar-refractivity contribution >= 4 is 21.6 Å².